The van der Waals surface area contributed by atoms with E-state index in [2.05, 4.69) is 20.5 Å². The van der Waals surface area contributed by atoms with Gasteiger partial charge in [0.15, 0.2) is 0 Å². The molecule has 0 aliphatic carbocycles. The number of aliphatic carboxylic acids is 1. The van der Waals surface area contributed by atoms with E-state index < -0.39 is 11.4 Å². The molecule has 0 bridgehead atoms. The van der Waals surface area contributed by atoms with Gasteiger partial charge < -0.3 is 15.2 Å². The van der Waals surface area contributed by atoms with Crippen molar-refractivity contribution in [2.24, 2.45) is 5.41 Å². The monoisotopic (exact) mass is 266 g/mol. The first-order valence-corrected chi connectivity index (χ1v) is 6.26. The summed E-state index contributed by atoms with van der Waals surface area (Å²) < 4.78 is 5.23. The molecule has 1 fully saturated rings. The summed E-state index contributed by atoms with van der Waals surface area (Å²) in [6, 6.07) is 0. The standard InChI is InChI=1S/C12H18N4O3/c1-8-9(2)15-16-11(14-8)13-7-12(10(17)18)3-5-19-6-4-12/h3-7H2,1-2H3,(H,17,18)(H,13,14,16). The summed E-state index contributed by atoms with van der Waals surface area (Å²) in [4.78, 5) is 15.7. The van der Waals surface area contributed by atoms with Crippen LogP contribution in [0.3, 0.4) is 0 Å². The topological polar surface area (TPSA) is 97.2 Å². The van der Waals surface area contributed by atoms with Crippen LogP contribution in [0, 0.1) is 19.3 Å². The molecule has 2 rings (SSSR count). The third-order valence-electron chi connectivity index (χ3n) is 3.58. The number of ether oxygens (including phenoxy) is 1. The van der Waals surface area contributed by atoms with Crippen LogP contribution in [0.4, 0.5) is 5.95 Å². The molecule has 1 aromatic heterocycles. The van der Waals surface area contributed by atoms with Gasteiger partial charge in [-0.15, -0.1) is 5.10 Å². The van der Waals surface area contributed by atoms with Crippen molar-refractivity contribution >= 4 is 11.9 Å². The lowest BCUT2D eigenvalue weighted by Gasteiger charge is -2.33. The highest BCUT2D eigenvalue weighted by Crippen LogP contribution is 2.30. The van der Waals surface area contributed by atoms with Gasteiger partial charge in [-0.3, -0.25) is 4.79 Å². The number of rotatable bonds is 4. The van der Waals surface area contributed by atoms with Crippen LogP contribution in [0.1, 0.15) is 24.2 Å². The maximum Gasteiger partial charge on any atom is 0.311 e. The maximum atomic E-state index is 11.5. The second-order valence-electron chi connectivity index (χ2n) is 4.86. The number of nitrogens with zero attached hydrogens (tertiary/aromatic N) is 3. The lowest BCUT2D eigenvalue weighted by Crippen LogP contribution is -2.43. The van der Waals surface area contributed by atoms with Crippen LogP contribution in [-0.4, -0.2) is 46.0 Å². The number of carboxylic acids is 1. The van der Waals surface area contributed by atoms with Crippen LogP contribution >= 0.6 is 0 Å². The molecule has 7 nitrogen and oxygen atoms in total. The largest absolute Gasteiger partial charge is 0.481 e. The molecule has 104 valence electrons. The Hall–Kier alpha value is -1.76. The smallest absolute Gasteiger partial charge is 0.311 e. The van der Waals surface area contributed by atoms with Gasteiger partial charge in [-0.2, -0.15) is 5.10 Å². The molecule has 7 heteroatoms. The van der Waals surface area contributed by atoms with E-state index in [0.29, 0.717) is 32.0 Å². The highest BCUT2D eigenvalue weighted by Gasteiger charge is 2.40. The summed E-state index contributed by atoms with van der Waals surface area (Å²) in [5.41, 5.74) is 0.749. The van der Waals surface area contributed by atoms with Crippen LogP contribution in [0.15, 0.2) is 0 Å². The predicted octanol–water partition coefficient (Wildman–Crippen LogP) is 0.782. The third-order valence-corrected chi connectivity index (χ3v) is 3.58. The van der Waals surface area contributed by atoms with E-state index in [9.17, 15) is 9.90 Å². The van der Waals surface area contributed by atoms with Gasteiger partial charge in [0.2, 0.25) is 5.95 Å². The number of aryl methyl sites for hydroxylation is 2. The number of nitrogens with one attached hydrogen (secondary N) is 1. The molecule has 0 radical (unpaired) electrons. The molecule has 2 heterocycles. The summed E-state index contributed by atoms with van der Waals surface area (Å²) >= 11 is 0. The molecule has 1 aliphatic rings. The number of hydrogen-bond donors (Lipinski definition) is 2. The minimum atomic E-state index is -0.805. The van der Waals surface area contributed by atoms with E-state index in [1.807, 2.05) is 13.8 Å². The van der Waals surface area contributed by atoms with Crippen LogP contribution in [-0.2, 0) is 9.53 Å². The van der Waals surface area contributed by atoms with Crippen molar-refractivity contribution in [1.82, 2.24) is 15.2 Å². The zero-order valence-corrected chi connectivity index (χ0v) is 11.1. The van der Waals surface area contributed by atoms with E-state index in [1.165, 1.54) is 0 Å². The Labute approximate surface area is 111 Å². The normalized spacial score (nSPS) is 18.0. The van der Waals surface area contributed by atoms with E-state index in [1.54, 1.807) is 0 Å². The van der Waals surface area contributed by atoms with Crippen molar-refractivity contribution < 1.29 is 14.6 Å². The molecule has 1 saturated heterocycles. The fourth-order valence-corrected chi connectivity index (χ4v) is 2.01. The summed E-state index contributed by atoms with van der Waals surface area (Å²) in [6.45, 7) is 4.91. The summed E-state index contributed by atoms with van der Waals surface area (Å²) in [5.74, 6) is -0.435. The fourth-order valence-electron chi connectivity index (χ4n) is 2.01. The van der Waals surface area contributed by atoms with Gasteiger partial charge >= 0.3 is 5.97 Å². The van der Waals surface area contributed by atoms with Gasteiger partial charge in [0.1, 0.15) is 0 Å². The van der Waals surface area contributed by atoms with Crippen molar-refractivity contribution in [3.8, 4) is 0 Å². The number of hydrogen-bond acceptors (Lipinski definition) is 6. The molecular weight excluding hydrogens is 248 g/mol. The Kier molecular flexibility index (Phi) is 3.94. The van der Waals surface area contributed by atoms with Gasteiger partial charge in [-0.05, 0) is 26.7 Å². The highest BCUT2D eigenvalue weighted by molar-refractivity contribution is 5.75. The van der Waals surface area contributed by atoms with Crippen molar-refractivity contribution in [1.29, 1.82) is 0 Å². The zero-order chi connectivity index (χ0) is 13.9. The van der Waals surface area contributed by atoms with Gasteiger partial charge in [-0.1, -0.05) is 0 Å². The molecule has 0 aromatic carbocycles. The molecule has 19 heavy (non-hydrogen) atoms. The van der Waals surface area contributed by atoms with Gasteiger partial charge in [0, 0.05) is 19.8 Å². The Morgan fingerprint density at radius 2 is 2.00 bits per heavy atom. The van der Waals surface area contributed by atoms with Crippen LogP contribution in [0.5, 0.6) is 0 Å². The van der Waals surface area contributed by atoms with Gasteiger partial charge in [0.05, 0.1) is 16.8 Å². The second kappa shape index (κ2) is 5.48. The maximum absolute atomic E-state index is 11.5. The quantitative estimate of drug-likeness (QED) is 0.831. The van der Waals surface area contributed by atoms with Crippen molar-refractivity contribution in [3.05, 3.63) is 11.4 Å². The lowest BCUT2D eigenvalue weighted by atomic mass is 9.80. The minimum absolute atomic E-state index is 0.288. The van der Waals surface area contributed by atoms with E-state index >= 15 is 0 Å². The second-order valence-corrected chi connectivity index (χ2v) is 4.86. The summed E-state index contributed by atoms with van der Waals surface area (Å²) in [6.07, 6.45) is 0.987. The first-order chi connectivity index (χ1) is 9.03. The molecular formula is C12H18N4O3. The average Bonchev–Trinajstić information content (AvgIpc) is 2.41. The Morgan fingerprint density at radius 1 is 1.32 bits per heavy atom. The number of anilines is 1. The van der Waals surface area contributed by atoms with Gasteiger partial charge in [-0.25, -0.2) is 4.98 Å². The Bertz CT molecular complexity index is 472. The molecule has 0 amide bonds. The molecule has 0 saturated carbocycles. The van der Waals surface area contributed by atoms with Crippen molar-refractivity contribution in [2.45, 2.75) is 26.7 Å². The SMILES string of the molecule is Cc1nnc(NCC2(C(=O)O)CCOCC2)nc1C. The van der Waals surface area contributed by atoms with Gasteiger partial charge in [0.25, 0.3) is 0 Å². The van der Waals surface area contributed by atoms with E-state index in [-0.39, 0.29) is 6.54 Å². The summed E-state index contributed by atoms with van der Waals surface area (Å²) in [7, 11) is 0. The van der Waals surface area contributed by atoms with E-state index in [0.717, 1.165) is 11.4 Å². The molecule has 1 aromatic rings. The van der Waals surface area contributed by atoms with E-state index in [4.69, 9.17) is 4.74 Å². The first-order valence-electron chi connectivity index (χ1n) is 6.26. The number of aromatic nitrogens is 3. The summed E-state index contributed by atoms with van der Waals surface area (Å²) in [5, 5.41) is 20.3. The third kappa shape index (κ3) is 2.98. The first kappa shape index (κ1) is 13.7. The van der Waals surface area contributed by atoms with Crippen LogP contribution in [0.25, 0.3) is 0 Å². The number of carbonyl (C=O) groups is 1. The van der Waals surface area contributed by atoms with Crippen molar-refractivity contribution in [2.75, 3.05) is 25.1 Å². The average molecular weight is 266 g/mol. The molecule has 2 N–H and O–H groups in total. The molecule has 1 aliphatic heterocycles. The predicted molar refractivity (Wildman–Crippen MR) is 67.9 cm³/mol. The highest BCUT2D eigenvalue weighted by atomic mass is 16.5. The number of carboxylic acid groups (broad SMARTS) is 1. The zero-order valence-electron chi connectivity index (χ0n) is 11.1. The molecule has 0 atom stereocenters. The van der Waals surface area contributed by atoms with Crippen LogP contribution < -0.4 is 5.32 Å². The fraction of sp³-hybridized carbons (Fsp3) is 0.667. The Morgan fingerprint density at radius 3 is 2.58 bits per heavy atom. The molecule has 0 unspecified atom stereocenters. The van der Waals surface area contributed by atoms with Crippen molar-refractivity contribution in [3.63, 3.8) is 0 Å². The molecule has 0 spiro atoms. The Balaban J connectivity index is 2.06. The minimum Gasteiger partial charge on any atom is -0.481 e. The van der Waals surface area contributed by atoms with Crippen LogP contribution in [0.2, 0.25) is 0 Å². The lowest BCUT2D eigenvalue weighted by molar-refractivity contribution is -0.153.